The topological polar surface area (TPSA) is 65.7 Å². The van der Waals surface area contributed by atoms with Gasteiger partial charge in [-0.3, -0.25) is 9.55 Å². The van der Waals surface area contributed by atoms with Gasteiger partial charge in [0.2, 0.25) is 0 Å². The maximum absolute atomic E-state index is 13.4. The van der Waals surface area contributed by atoms with Gasteiger partial charge >= 0.3 is 6.01 Å². The molecule has 0 aliphatic carbocycles. The lowest BCUT2D eigenvalue weighted by Crippen LogP contribution is -1.97. The second kappa shape index (κ2) is 5.94. The normalized spacial score (nSPS) is 11.0. The molecule has 0 N–H and O–H groups in total. The van der Waals surface area contributed by atoms with Gasteiger partial charge in [0.1, 0.15) is 17.7 Å². The monoisotopic (exact) mass is 335 g/mol. The zero-order valence-corrected chi connectivity index (χ0v) is 13.6. The summed E-state index contributed by atoms with van der Waals surface area (Å²) >= 11 is 0. The first-order valence-electron chi connectivity index (χ1n) is 7.62. The Morgan fingerprint density at radius 1 is 1.00 bits per heavy atom. The number of aryl methyl sites for hydroxylation is 1. The van der Waals surface area contributed by atoms with Crippen LogP contribution in [0.2, 0.25) is 0 Å². The molecule has 3 aromatic heterocycles. The molecule has 0 fully saturated rings. The number of hydrogen-bond donors (Lipinski definition) is 0. The summed E-state index contributed by atoms with van der Waals surface area (Å²) in [4.78, 5) is 17.1. The minimum absolute atomic E-state index is 0.261. The smallest absolute Gasteiger partial charge is 0.316 e. The van der Waals surface area contributed by atoms with E-state index in [1.165, 1.54) is 19.2 Å². The minimum Gasteiger partial charge on any atom is -0.467 e. The number of imidazole rings is 1. The SMILES string of the molecule is COc1ncc(-n2cnc3cnc(-c4ccc(F)cc4C)cc32)cn1. The van der Waals surface area contributed by atoms with Gasteiger partial charge in [0.15, 0.2) is 0 Å². The van der Waals surface area contributed by atoms with Crippen LogP contribution in [0.25, 0.3) is 28.0 Å². The molecule has 0 saturated carbocycles. The average molecular weight is 335 g/mol. The van der Waals surface area contributed by atoms with Gasteiger partial charge in [0.25, 0.3) is 0 Å². The van der Waals surface area contributed by atoms with E-state index in [-0.39, 0.29) is 5.82 Å². The first-order valence-corrected chi connectivity index (χ1v) is 7.62. The van der Waals surface area contributed by atoms with E-state index in [1.807, 2.05) is 17.6 Å². The maximum atomic E-state index is 13.4. The van der Waals surface area contributed by atoms with Crippen molar-refractivity contribution in [2.24, 2.45) is 0 Å². The molecule has 0 aliphatic rings. The number of rotatable bonds is 3. The quantitative estimate of drug-likeness (QED) is 0.574. The van der Waals surface area contributed by atoms with Crippen molar-refractivity contribution in [3.8, 4) is 23.0 Å². The van der Waals surface area contributed by atoms with Crippen molar-refractivity contribution in [3.63, 3.8) is 0 Å². The lowest BCUT2D eigenvalue weighted by Gasteiger charge is -2.07. The van der Waals surface area contributed by atoms with Crippen molar-refractivity contribution >= 4 is 11.0 Å². The van der Waals surface area contributed by atoms with Crippen LogP contribution >= 0.6 is 0 Å². The van der Waals surface area contributed by atoms with Crippen LogP contribution in [0.5, 0.6) is 6.01 Å². The highest BCUT2D eigenvalue weighted by Crippen LogP contribution is 2.26. The number of halogens is 1. The van der Waals surface area contributed by atoms with Gasteiger partial charge < -0.3 is 4.74 Å². The third-order valence-electron chi connectivity index (χ3n) is 3.97. The van der Waals surface area contributed by atoms with E-state index in [9.17, 15) is 4.39 Å². The molecule has 1 aromatic carbocycles. The molecule has 4 rings (SSSR count). The average Bonchev–Trinajstić information content (AvgIpc) is 3.05. The lowest BCUT2D eigenvalue weighted by atomic mass is 10.0. The number of hydrogen-bond acceptors (Lipinski definition) is 5. The van der Waals surface area contributed by atoms with E-state index in [4.69, 9.17) is 4.74 Å². The molecule has 6 nitrogen and oxygen atoms in total. The summed E-state index contributed by atoms with van der Waals surface area (Å²) in [5.41, 5.74) is 4.83. The van der Waals surface area contributed by atoms with Crippen LogP contribution in [-0.4, -0.2) is 31.6 Å². The van der Waals surface area contributed by atoms with Gasteiger partial charge in [-0.1, -0.05) is 0 Å². The van der Waals surface area contributed by atoms with Gasteiger partial charge in [-0.2, -0.15) is 0 Å². The Balaban J connectivity index is 1.84. The number of fused-ring (bicyclic) bond motifs is 1. The fraction of sp³-hybridized carbons (Fsp3) is 0.111. The minimum atomic E-state index is -0.261. The number of ether oxygens (including phenoxy) is 1. The van der Waals surface area contributed by atoms with Gasteiger partial charge in [0.05, 0.1) is 42.6 Å². The number of pyridine rings is 1. The summed E-state index contributed by atoms with van der Waals surface area (Å²) < 4.78 is 20.2. The molecule has 0 radical (unpaired) electrons. The van der Waals surface area contributed by atoms with E-state index >= 15 is 0 Å². The molecule has 0 aliphatic heterocycles. The molecule has 0 atom stereocenters. The zero-order valence-electron chi connectivity index (χ0n) is 13.6. The Morgan fingerprint density at radius 2 is 1.80 bits per heavy atom. The van der Waals surface area contributed by atoms with E-state index in [2.05, 4.69) is 19.9 Å². The number of nitrogens with zero attached hydrogens (tertiary/aromatic N) is 5. The molecule has 0 unspecified atom stereocenters. The molecule has 7 heteroatoms. The summed E-state index contributed by atoms with van der Waals surface area (Å²) in [6.07, 6.45) is 6.72. The third-order valence-corrected chi connectivity index (χ3v) is 3.97. The Kier molecular flexibility index (Phi) is 3.61. The van der Waals surface area contributed by atoms with Crippen LogP contribution in [0.4, 0.5) is 4.39 Å². The number of methoxy groups -OCH3 is 1. The summed E-state index contributed by atoms with van der Waals surface area (Å²) in [7, 11) is 1.52. The molecule has 0 bridgehead atoms. The molecule has 0 saturated heterocycles. The molecule has 4 aromatic rings. The van der Waals surface area contributed by atoms with Crippen molar-refractivity contribution in [1.82, 2.24) is 24.5 Å². The number of benzene rings is 1. The largest absolute Gasteiger partial charge is 0.467 e. The Bertz CT molecular complexity index is 1060. The predicted molar refractivity (Wildman–Crippen MR) is 91.1 cm³/mol. The zero-order chi connectivity index (χ0) is 17.4. The molecule has 0 spiro atoms. The fourth-order valence-corrected chi connectivity index (χ4v) is 2.72. The third kappa shape index (κ3) is 2.69. The number of aromatic nitrogens is 5. The maximum Gasteiger partial charge on any atom is 0.316 e. The predicted octanol–water partition coefficient (Wildman–Crippen LogP) is 3.33. The van der Waals surface area contributed by atoms with Crippen molar-refractivity contribution in [1.29, 1.82) is 0 Å². The van der Waals surface area contributed by atoms with Crippen LogP contribution in [0.15, 0.2) is 49.2 Å². The van der Waals surface area contributed by atoms with Crippen molar-refractivity contribution in [2.75, 3.05) is 7.11 Å². The second-order valence-corrected chi connectivity index (χ2v) is 5.56. The molecule has 124 valence electrons. The van der Waals surface area contributed by atoms with Crippen LogP contribution in [0, 0.1) is 12.7 Å². The van der Waals surface area contributed by atoms with Crippen molar-refractivity contribution in [3.05, 3.63) is 60.6 Å². The van der Waals surface area contributed by atoms with Gasteiger partial charge in [-0.15, -0.1) is 0 Å². The molecular formula is C18H14FN5O. The molecule has 25 heavy (non-hydrogen) atoms. The van der Waals surface area contributed by atoms with Gasteiger partial charge in [-0.25, -0.2) is 19.3 Å². The fourth-order valence-electron chi connectivity index (χ4n) is 2.72. The Hall–Kier alpha value is -3.35. The summed E-state index contributed by atoms with van der Waals surface area (Å²) in [6.45, 7) is 1.86. The van der Waals surface area contributed by atoms with Crippen LogP contribution in [0.1, 0.15) is 5.56 Å². The first-order chi connectivity index (χ1) is 12.2. The van der Waals surface area contributed by atoms with Crippen molar-refractivity contribution in [2.45, 2.75) is 6.92 Å². The standard InChI is InChI=1S/C18H14FN5O/c1-11-5-12(19)3-4-14(11)15-6-17-16(9-20-15)23-10-24(17)13-7-21-18(25-2)22-8-13/h3-10H,1-2H3. The van der Waals surface area contributed by atoms with E-state index in [0.717, 1.165) is 33.5 Å². The first kappa shape index (κ1) is 15.2. The van der Waals surface area contributed by atoms with Crippen LogP contribution < -0.4 is 4.74 Å². The van der Waals surface area contributed by atoms with Gasteiger partial charge in [-0.05, 0) is 36.8 Å². The van der Waals surface area contributed by atoms with E-state index < -0.39 is 0 Å². The lowest BCUT2D eigenvalue weighted by molar-refractivity contribution is 0.379. The highest BCUT2D eigenvalue weighted by molar-refractivity contribution is 5.81. The summed E-state index contributed by atoms with van der Waals surface area (Å²) in [5, 5.41) is 0. The van der Waals surface area contributed by atoms with E-state index in [1.54, 1.807) is 31.0 Å². The summed E-state index contributed by atoms with van der Waals surface area (Å²) in [5.74, 6) is -0.261. The van der Waals surface area contributed by atoms with Crippen molar-refractivity contribution < 1.29 is 9.13 Å². The summed E-state index contributed by atoms with van der Waals surface area (Å²) in [6, 6.07) is 6.89. The van der Waals surface area contributed by atoms with Gasteiger partial charge in [0, 0.05) is 5.56 Å². The molecule has 3 heterocycles. The molecule has 0 amide bonds. The van der Waals surface area contributed by atoms with Crippen LogP contribution in [0.3, 0.4) is 0 Å². The second-order valence-electron chi connectivity index (χ2n) is 5.56. The van der Waals surface area contributed by atoms with E-state index in [0.29, 0.717) is 6.01 Å². The Labute approximate surface area is 143 Å². The van der Waals surface area contributed by atoms with Crippen LogP contribution in [-0.2, 0) is 0 Å². The highest BCUT2D eigenvalue weighted by Gasteiger charge is 2.11. The highest BCUT2D eigenvalue weighted by atomic mass is 19.1. The molecular weight excluding hydrogens is 321 g/mol. The Morgan fingerprint density at radius 3 is 2.52 bits per heavy atom.